The molecular formula is C18H21FN4O3. The number of nitrogens with one attached hydrogen (secondary N) is 2. The highest BCUT2D eigenvalue weighted by atomic mass is 19.1. The first-order valence-corrected chi connectivity index (χ1v) is 8.53. The summed E-state index contributed by atoms with van der Waals surface area (Å²) in [4.78, 5) is 40.0. The molecule has 1 aromatic heterocycles. The fourth-order valence-corrected chi connectivity index (χ4v) is 3.21. The number of aryl methyl sites for hydroxylation is 1. The lowest BCUT2D eigenvalue weighted by molar-refractivity contribution is 0.0935. The molecule has 2 N–H and O–H groups in total. The Hall–Kier alpha value is -2.74. The van der Waals surface area contributed by atoms with Crippen molar-refractivity contribution in [2.75, 3.05) is 19.6 Å². The van der Waals surface area contributed by atoms with Gasteiger partial charge >= 0.3 is 5.69 Å². The summed E-state index contributed by atoms with van der Waals surface area (Å²) in [5.74, 6) is -0.858. The van der Waals surface area contributed by atoms with Gasteiger partial charge in [-0.1, -0.05) is 12.1 Å². The molecule has 0 spiro atoms. The van der Waals surface area contributed by atoms with E-state index in [-0.39, 0.29) is 24.0 Å². The SMILES string of the molecule is Cn1cc(C(=O)NC[C@@H](c2ccc(F)cc2)N2CCCC2)c(=O)[nH]c1=O. The van der Waals surface area contributed by atoms with E-state index in [1.165, 1.54) is 25.4 Å². The molecule has 3 rings (SSSR count). The van der Waals surface area contributed by atoms with Gasteiger partial charge in [0.1, 0.15) is 11.4 Å². The van der Waals surface area contributed by atoms with Crippen LogP contribution in [0.2, 0.25) is 0 Å². The first kappa shape index (κ1) is 18.1. The van der Waals surface area contributed by atoms with E-state index in [0.717, 1.165) is 36.1 Å². The van der Waals surface area contributed by atoms with Crippen molar-refractivity contribution in [3.8, 4) is 0 Å². The van der Waals surface area contributed by atoms with E-state index in [4.69, 9.17) is 0 Å². The van der Waals surface area contributed by atoms with Crippen LogP contribution >= 0.6 is 0 Å². The third-order valence-corrected chi connectivity index (χ3v) is 4.64. The number of benzene rings is 1. The Morgan fingerprint density at radius 2 is 1.88 bits per heavy atom. The number of halogens is 1. The maximum absolute atomic E-state index is 13.2. The lowest BCUT2D eigenvalue weighted by Gasteiger charge is -2.28. The van der Waals surface area contributed by atoms with E-state index in [9.17, 15) is 18.8 Å². The van der Waals surface area contributed by atoms with Crippen LogP contribution in [0.4, 0.5) is 4.39 Å². The van der Waals surface area contributed by atoms with Crippen LogP contribution < -0.4 is 16.6 Å². The van der Waals surface area contributed by atoms with Crippen LogP contribution in [-0.2, 0) is 7.05 Å². The number of amides is 1. The summed E-state index contributed by atoms with van der Waals surface area (Å²) in [6.45, 7) is 2.09. The van der Waals surface area contributed by atoms with Gasteiger partial charge in [-0.15, -0.1) is 0 Å². The molecule has 1 aliphatic rings. The molecule has 2 heterocycles. The highest BCUT2D eigenvalue weighted by molar-refractivity contribution is 5.93. The molecule has 26 heavy (non-hydrogen) atoms. The Balaban J connectivity index is 1.78. The monoisotopic (exact) mass is 360 g/mol. The van der Waals surface area contributed by atoms with Crippen LogP contribution in [-0.4, -0.2) is 40.0 Å². The summed E-state index contributed by atoms with van der Waals surface area (Å²) in [5, 5.41) is 2.77. The smallest absolute Gasteiger partial charge is 0.328 e. The van der Waals surface area contributed by atoms with Crippen molar-refractivity contribution in [3.05, 3.63) is 68.2 Å². The fourth-order valence-electron chi connectivity index (χ4n) is 3.21. The number of nitrogens with zero attached hydrogens (tertiary/aromatic N) is 2. The Morgan fingerprint density at radius 3 is 2.54 bits per heavy atom. The quantitative estimate of drug-likeness (QED) is 0.825. The lowest BCUT2D eigenvalue weighted by atomic mass is 10.1. The number of carbonyl (C=O) groups excluding carboxylic acids is 1. The van der Waals surface area contributed by atoms with E-state index in [1.54, 1.807) is 12.1 Å². The second kappa shape index (κ2) is 7.65. The Kier molecular flexibility index (Phi) is 5.32. The maximum atomic E-state index is 13.2. The van der Waals surface area contributed by atoms with Crippen molar-refractivity contribution in [3.63, 3.8) is 0 Å². The number of H-pyrrole nitrogens is 1. The molecule has 0 aliphatic carbocycles. The zero-order valence-corrected chi connectivity index (χ0v) is 14.5. The van der Waals surface area contributed by atoms with Crippen LogP contribution in [0.15, 0.2) is 40.1 Å². The van der Waals surface area contributed by atoms with Gasteiger partial charge in [0.15, 0.2) is 0 Å². The molecule has 1 saturated heterocycles. The molecule has 138 valence electrons. The van der Waals surface area contributed by atoms with Gasteiger partial charge in [-0.3, -0.25) is 19.5 Å². The minimum absolute atomic E-state index is 0.103. The molecule has 7 nitrogen and oxygen atoms in total. The summed E-state index contributed by atoms with van der Waals surface area (Å²) in [7, 11) is 1.46. The first-order valence-electron chi connectivity index (χ1n) is 8.53. The summed E-state index contributed by atoms with van der Waals surface area (Å²) in [5.41, 5.74) is -0.507. The van der Waals surface area contributed by atoms with Crippen molar-refractivity contribution in [2.24, 2.45) is 7.05 Å². The van der Waals surface area contributed by atoms with Crippen LogP contribution in [0, 0.1) is 5.82 Å². The highest BCUT2D eigenvalue weighted by Crippen LogP contribution is 2.24. The predicted octanol–water partition coefficient (Wildman–Crippen LogP) is 0.780. The largest absolute Gasteiger partial charge is 0.350 e. The van der Waals surface area contributed by atoms with Gasteiger partial charge in [0, 0.05) is 19.8 Å². The standard InChI is InChI=1S/C18H21FN4O3/c1-22-11-14(17(25)21-18(22)26)16(24)20-10-15(23-8-2-3-9-23)12-4-6-13(19)7-5-12/h4-7,11,15H,2-3,8-10H2,1H3,(H,20,24)(H,21,25,26)/t15-/m0/s1. The summed E-state index contributed by atoms with van der Waals surface area (Å²) < 4.78 is 14.4. The van der Waals surface area contributed by atoms with Crippen molar-refractivity contribution < 1.29 is 9.18 Å². The molecule has 2 aromatic rings. The van der Waals surface area contributed by atoms with E-state index >= 15 is 0 Å². The average Bonchev–Trinajstić information content (AvgIpc) is 3.14. The zero-order valence-electron chi connectivity index (χ0n) is 14.5. The molecular weight excluding hydrogens is 339 g/mol. The Bertz CT molecular complexity index is 898. The van der Waals surface area contributed by atoms with Gasteiger partial charge in [-0.2, -0.15) is 0 Å². The molecule has 1 aliphatic heterocycles. The van der Waals surface area contributed by atoms with E-state index < -0.39 is 17.2 Å². The minimum atomic E-state index is -0.717. The molecule has 0 unspecified atom stereocenters. The molecule has 8 heteroatoms. The minimum Gasteiger partial charge on any atom is -0.350 e. The zero-order chi connectivity index (χ0) is 18.7. The highest BCUT2D eigenvalue weighted by Gasteiger charge is 2.24. The molecule has 0 saturated carbocycles. The third-order valence-electron chi connectivity index (χ3n) is 4.64. The van der Waals surface area contributed by atoms with Crippen molar-refractivity contribution in [1.82, 2.24) is 19.8 Å². The van der Waals surface area contributed by atoms with Gasteiger partial charge in [0.2, 0.25) is 0 Å². The average molecular weight is 360 g/mol. The van der Waals surface area contributed by atoms with Crippen LogP contribution in [0.25, 0.3) is 0 Å². The van der Waals surface area contributed by atoms with Crippen molar-refractivity contribution in [1.29, 1.82) is 0 Å². The molecule has 0 bridgehead atoms. The van der Waals surface area contributed by atoms with Crippen molar-refractivity contribution >= 4 is 5.91 Å². The van der Waals surface area contributed by atoms with E-state index in [1.807, 2.05) is 0 Å². The summed E-state index contributed by atoms with van der Waals surface area (Å²) in [6, 6.07) is 6.12. The third kappa shape index (κ3) is 3.91. The van der Waals surface area contributed by atoms with Crippen LogP contribution in [0.5, 0.6) is 0 Å². The summed E-state index contributed by atoms with van der Waals surface area (Å²) >= 11 is 0. The van der Waals surface area contributed by atoms with Gasteiger partial charge < -0.3 is 9.88 Å². The van der Waals surface area contributed by atoms with Gasteiger partial charge in [-0.25, -0.2) is 9.18 Å². The first-order chi connectivity index (χ1) is 12.5. The lowest BCUT2D eigenvalue weighted by Crippen LogP contribution is -2.40. The summed E-state index contributed by atoms with van der Waals surface area (Å²) in [6.07, 6.45) is 3.37. The number of rotatable bonds is 5. The number of hydrogen-bond acceptors (Lipinski definition) is 4. The molecule has 1 fully saturated rings. The molecule has 0 radical (unpaired) electrons. The Morgan fingerprint density at radius 1 is 1.23 bits per heavy atom. The predicted molar refractivity (Wildman–Crippen MR) is 94.6 cm³/mol. The fraction of sp³-hybridized carbons (Fsp3) is 0.389. The number of hydrogen-bond donors (Lipinski definition) is 2. The van der Waals surface area contributed by atoms with Crippen LogP contribution in [0.3, 0.4) is 0 Å². The number of likely N-dealkylation sites (tertiary alicyclic amines) is 1. The number of aromatic nitrogens is 2. The molecule has 1 aromatic carbocycles. The normalized spacial score (nSPS) is 15.8. The van der Waals surface area contributed by atoms with E-state index in [0.29, 0.717) is 0 Å². The van der Waals surface area contributed by atoms with Crippen molar-refractivity contribution in [2.45, 2.75) is 18.9 Å². The second-order valence-electron chi connectivity index (χ2n) is 6.43. The maximum Gasteiger partial charge on any atom is 0.328 e. The van der Waals surface area contributed by atoms with Gasteiger partial charge in [0.05, 0.1) is 6.04 Å². The number of carbonyl (C=O) groups is 1. The molecule has 1 atom stereocenters. The van der Waals surface area contributed by atoms with Gasteiger partial charge in [-0.05, 0) is 43.6 Å². The van der Waals surface area contributed by atoms with Crippen LogP contribution in [0.1, 0.15) is 34.8 Å². The van der Waals surface area contributed by atoms with E-state index in [2.05, 4.69) is 15.2 Å². The number of aromatic amines is 1. The van der Waals surface area contributed by atoms with Gasteiger partial charge in [0.25, 0.3) is 11.5 Å². The Labute approximate surface area is 149 Å². The second-order valence-corrected chi connectivity index (χ2v) is 6.43. The topological polar surface area (TPSA) is 87.2 Å². The molecule has 1 amide bonds.